The summed E-state index contributed by atoms with van der Waals surface area (Å²) in [6.45, 7) is 0. The Kier molecular flexibility index (Phi) is 5.88. The van der Waals surface area contributed by atoms with Crippen LogP contribution in [0.25, 0.3) is 11.8 Å². The molecule has 0 atom stereocenters. The number of nitrogens with zero attached hydrogens (tertiary/aromatic N) is 2. The molecule has 0 unspecified atom stereocenters. The quantitative estimate of drug-likeness (QED) is 0.427. The summed E-state index contributed by atoms with van der Waals surface area (Å²) in [6.07, 6.45) is 3.06. The van der Waals surface area contributed by atoms with E-state index < -0.39 is 23.8 Å². The van der Waals surface area contributed by atoms with Crippen molar-refractivity contribution in [2.45, 2.75) is 0 Å². The second-order valence-electron chi connectivity index (χ2n) is 7.15. The first-order chi connectivity index (χ1) is 16.3. The molecule has 172 valence electrons. The number of barbiturate groups is 1. The molecule has 34 heavy (non-hydrogen) atoms. The summed E-state index contributed by atoms with van der Waals surface area (Å²) < 4.78 is 12.1. The number of methoxy groups -OCH3 is 2. The lowest BCUT2D eigenvalue weighted by Gasteiger charge is -2.27. The molecule has 10 nitrogen and oxygen atoms in total. The Balaban J connectivity index is 1.73. The molecular formula is C24H19N3O7. The van der Waals surface area contributed by atoms with E-state index in [4.69, 9.17) is 14.6 Å². The van der Waals surface area contributed by atoms with Crippen LogP contribution in [0.4, 0.5) is 10.5 Å². The van der Waals surface area contributed by atoms with Crippen LogP contribution in [-0.2, 0) is 9.59 Å². The van der Waals surface area contributed by atoms with Crippen molar-refractivity contribution >= 4 is 35.6 Å². The number of benzene rings is 2. The lowest BCUT2D eigenvalue weighted by molar-refractivity contribution is -0.122. The van der Waals surface area contributed by atoms with Gasteiger partial charge in [0.05, 0.1) is 25.5 Å². The van der Waals surface area contributed by atoms with Crippen LogP contribution in [0.3, 0.4) is 0 Å². The zero-order valence-electron chi connectivity index (χ0n) is 18.1. The normalized spacial score (nSPS) is 14.8. The molecule has 3 aromatic rings. The second kappa shape index (κ2) is 8.94. The van der Waals surface area contributed by atoms with Gasteiger partial charge < -0.3 is 19.1 Å². The van der Waals surface area contributed by atoms with Crippen LogP contribution in [0.1, 0.15) is 16.1 Å². The molecule has 0 bridgehead atoms. The average Bonchev–Trinajstić information content (AvgIpc) is 3.30. The number of aromatic carboxylic acids is 1. The fourth-order valence-electron chi connectivity index (χ4n) is 3.51. The SMILES string of the molecule is COc1ccc(N2C(=O)NC(=O)/C(=C/c3cccn3-c3ccc(C(=O)O)cc3)C2=O)c(OC)c1. The fourth-order valence-corrected chi connectivity index (χ4v) is 3.51. The number of rotatable bonds is 6. The lowest BCUT2D eigenvalue weighted by Crippen LogP contribution is -2.54. The topological polar surface area (TPSA) is 127 Å². The van der Waals surface area contributed by atoms with Gasteiger partial charge >= 0.3 is 12.0 Å². The summed E-state index contributed by atoms with van der Waals surface area (Å²) in [7, 11) is 2.85. The number of carbonyl (C=O) groups is 4. The van der Waals surface area contributed by atoms with Crippen LogP contribution in [0.15, 0.2) is 66.4 Å². The van der Waals surface area contributed by atoms with Crippen molar-refractivity contribution in [3.05, 3.63) is 77.6 Å². The molecule has 1 aliphatic rings. The monoisotopic (exact) mass is 461 g/mol. The molecule has 0 aliphatic carbocycles. The van der Waals surface area contributed by atoms with Crippen molar-refractivity contribution in [3.63, 3.8) is 0 Å². The van der Waals surface area contributed by atoms with Crippen molar-refractivity contribution in [1.29, 1.82) is 0 Å². The smallest absolute Gasteiger partial charge is 0.336 e. The minimum Gasteiger partial charge on any atom is -0.497 e. The molecule has 0 saturated carbocycles. The summed E-state index contributed by atoms with van der Waals surface area (Å²) in [5.74, 6) is -2.05. The maximum atomic E-state index is 13.3. The minimum absolute atomic E-state index is 0.125. The molecule has 0 spiro atoms. The van der Waals surface area contributed by atoms with Gasteiger partial charge in [-0.1, -0.05) is 0 Å². The number of carbonyl (C=O) groups excluding carboxylic acids is 3. The first-order valence-electron chi connectivity index (χ1n) is 9.98. The van der Waals surface area contributed by atoms with E-state index in [0.29, 0.717) is 17.1 Å². The van der Waals surface area contributed by atoms with Crippen LogP contribution in [0, 0.1) is 0 Å². The second-order valence-corrected chi connectivity index (χ2v) is 7.15. The van der Waals surface area contributed by atoms with Crippen LogP contribution in [0.5, 0.6) is 11.5 Å². The lowest BCUT2D eigenvalue weighted by atomic mass is 10.1. The van der Waals surface area contributed by atoms with Gasteiger partial charge in [-0.25, -0.2) is 14.5 Å². The van der Waals surface area contributed by atoms with Gasteiger partial charge in [0.1, 0.15) is 17.1 Å². The summed E-state index contributed by atoms with van der Waals surface area (Å²) in [5, 5.41) is 11.3. The molecule has 1 aliphatic heterocycles. The maximum absolute atomic E-state index is 13.3. The Morgan fingerprint density at radius 2 is 1.74 bits per heavy atom. The third-order valence-corrected chi connectivity index (χ3v) is 5.19. The van der Waals surface area contributed by atoms with Crippen molar-refractivity contribution in [2.24, 2.45) is 0 Å². The van der Waals surface area contributed by atoms with Crippen LogP contribution < -0.4 is 19.7 Å². The van der Waals surface area contributed by atoms with Crippen LogP contribution >= 0.6 is 0 Å². The Hall–Kier alpha value is -4.86. The van der Waals surface area contributed by atoms with Crippen molar-refractivity contribution in [1.82, 2.24) is 9.88 Å². The summed E-state index contributed by atoms with van der Waals surface area (Å²) in [5.41, 5.74) is 1.09. The Bertz CT molecular complexity index is 1340. The predicted octanol–water partition coefficient (Wildman–Crippen LogP) is 2.86. The number of ether oxygens (including phenoxy) is 2. The Morgan fingerprint density at radius 1 is 1.00 bits per heavy atom. The molecule has 0 radical (unpaired) electrons. The first kappa shape index (κ1) is 22.3. The van der Waals surface area contributed by atoms with E-state index >= 15 is 0 Å². The van der Waals surface area contributed by atoms with E-state index in [0.717, 1.165) is 4.90 Å². The van der Waals surface area contributed by atoms with Gasteiger partial charge in [0.25, 0.3) is 11.8 Å². The maximum Gasteiger partial charge on any atom is 0.336 e. The van der Waals surface area contributed by atoms with E-state index in [2.05, 4.69) is 5.32 Å². The molecule has 2 aromatic carbocycles. The van der Waals surface area contributed by atoms with E-state index in [1.165, 1.54) is 44.6 Å². The van der Waals surface area contributed by atoms with Crippen molar-refractivity contribution < 1.29 is 33.8 Å². The summed E-state index contributed by atoms with van der Waals surface area (Å²) in [6, 6.07) is 13.1. The number of hydrogen-bond donors (Lipinski definition) is 2. The average molecular weight is 461 g/mol. The van der Waals surface area contributed by atoms with E-state index in [-0.39, 0.29) is 22.6 Å². The molecule has 4 amide bonds. The predicted molar refractivity (Wildman–Crippen MR) is 121 cm³/mol. The number of carboxylic acids is 1. The zero-order valence-corrected chi connectivity index (χ0v) is 18.1. The molecule has 2 N–H and O–H groups in total. The van der Waals surface area contributed by atoms with Gasteiger partial charge in [0, 0.05) is 23.6 Å². The molecule has 1 aromatic heterocycles. The fraction of sp³-hybridized carbons (Fsp3) is 0.0833. The number of aromatic nitrogens is 1. The largest absolute Gasteiger partial charge is 0.497 e. The van der Waals surface area contributed by atoms with Gasteiger partial charge in [-0.2, -0.15) is 0 Å². The highest BCUT2D eigenvalue weighted by atomic mass is 16.5. The van der Waals surface area contributed by atoms with Gasteiger partial charge in [0.2, 0.25) is 0 Å². The Labute approximate surface area is 193 Å². The number of anilines is 1. The number of amides is 4. The highest BCUT2D eigenvalue weighted by Gasteiger charge is 2.38. The third kappa shape index (κ3) is 3.99. The molecule has 1 fully saturated rings. The number of urea groups is 1. The molecular weight excluding hydrogens is 442 g/mol. The van der Waals surface area contributed by atoms with Gasteiger partial charge in [0.15, 0.2) is 0 Å². The van der Waals surface area contributed by atoms with Crippen molar-refractivity contribution in [3.8, 4) is 17.2 Å². The third-order valence-electron chi connectivity index (χ3n) is 5.19. The minimum atomic E-state index is -1.05. The van der Waals surface area contributed by atoms with Gasteiger partial charge in [-0.3, -0.25) is 14.9 Å². The first-order valence-corrected chi connectivity index (χ1v) is 9.98. The van der Waals surface area contributed by atoms with Crippen LogP contribution in [0.2, 0.25) is 0 Å². The molecule has 4 rings (SSSR count). The zero-order chi connectivity index (χ0) is 24.4. The summed E-state index contributed by atoms with van der Waals surface area (Å²) in [4.78, 5) is 50.3. The number of hydrogen-bond acceptors (Lipinski definition) is 6. The van der Waals surface area contributed by atoms with Crippen LogP contribution in [-0.4, -0.2) is 47.7 Å². The summed E-state index contributed by atoms with van der Waals surface area (Å²) >= 11 is 0. The highest BCUT2D eigenvalue weighted by Crippen LogP contribution is 2.34. The molecule has 2 heterocycles. The number of imide groups is 2. The van der Waals surface area contributed by atoms with E-state index in [1.54, 1.807) is 41.1 Å². The molecule has 10 heteroatoms. The van der Waals surface area contributed by atoms with E-state index in [9.17, 15) is 19.2 Å². The molecule has 1 saturated heterocycles. The Morgan fingerprint density at radius 3 is 2.38 bits per heavy atom. The van der Waals surface area contributed by atoms with Gasteiger partial charge in [-0.05, 0) is 54.6 Å². The van der Waals surface area contributed by atoms with E-state index in [1.807, 2.05) is 0 Å². The van der Waals surface area contributed by atoms with Gasteiger partial charge in [-0.15, -0.1) is 0 Å². The number of carboxylic acid groups (broad SMARTS) is 1. The number of nitrogens with one attached hydrogen (secondary N) is 1. The standard InChI is InChI=1S/C24H19N3O7/c1-33-17-9-10-19(20(13-17)34-2)27-22(29)18(21(28)25-24(27)32)12-16-4-3-11-26(16)15-7-5-14(6-8-15)23(30)31/h3-13H,1-2H3,(H,30,31)(H,25,28,32)/b18-12-. The van der Waals surface area contributed by atoms with Crippen molar-refractivity contribution in [2.75, 3.05) is 19.1 Å². The highest BCUT2D eigenvalue weighted by molar-refractivity contribution is 6.39.